The largest absolute Gasteiger partial charge is 0.385 e. The van der Waals surface area contributed by atoms with Crippen molar-refractivity contribution in [3.63, 3.8) is 0 Å². The second-order valence-corrected chi connectivity index (χ2v) is 2.85. The maximum atomic E-state index is 9.76. The summed E-state index contributed by atoms with van der Waals surface area (Å²) < 4.78 is 0. The molecule has 0 spiro atoms. The Hall–Kier alpha value is -1.00. The fraction of sp³-hybridized carbons (Fsp3) is 0.400. The first-order valence-electron chi connectivity index (χ1n) is 3.77. The molecular weight excluding hydrogens is 136 g/mol. The van der Waals surface area contributed by atoms with Crippen LogP contribution in [0, 0.1) is 0 Å². The second kappa shape index (κ2) is 2.94. The molecule has 0 saturated carbocycles. The highest BCUT2D eigenvalue weighted by Crippen LogP contribution is 2.21. The second-order valence-electron chi connectivity index (χ2n) is 2.85. The maximum Gasteiger partial charge on any atom is 0.0872 e. The average Bonchev–Trinajstić information content (AvgIpc) is 2.06. The molecule has 0 bridgehead atoms. The van der Waals surface area contributed by atoms with Gasteiger partial charge in [0, 0.05) is 0 Å². The Bertz CT molecular complexity index is 269. The van der Waals surface area contributed by atoms with Crippen LogP contribution in [0.1, 0.15) is 20.3 Å². The van der Waals surface area contributed by atoms with E-state index in [1.54, 1.807) is 19.1 Å². The minimum absolute atomic E-state index is 0.713. The third-order valence-corrected chi connectivity index (χ3v) is 1.97. The third kappa shape index (κ3) is 1.72. The molecule has 0 aliphatic heterocycles. The number of aliphatic hydroxyl groups is 1. The van der Waals surface area contributed by atoms with Crippen LogP contribution in [-0.2, 0) is 0 Å². The molecule has 1 atom stereocenters. The molecule has 0 amide bonds. The summed E-state index contributed by atoms with van der Waals surface area (Å²) in [6, 6.07) is 0. The molecule has 58 valence electrons. The molecule has 1 aliphatic rings. The van der Waals surface area contributed by atoms with Crippen molar-refractivity contribution in [3.05, 3.63) is 35.3 Å². The Morgan fingerprint density at radius 2 is 2.27 bits per heavy atom. The van der Waals surface area contributed by atoms with Crippen molar-refractivity contribution in [2.24, 2.45) is 0 Å². The van der Waals surface area contributed by atoms with Gasteiger partial charge in [0.15, 0.2) is 0 Å². The van der Waals surface area contributed by atoms with Crippen molar-refractivity contribution in [2.45, 2.75) is 25.9 Å². The van der Waals surface area contributed by atoms with Crippen molar-refractivity contribution in [2.75, 3.05) is 0 Å². The molecule has 1 aliphatic carbocycles. The smallest absolute Gasteiger partial charge is 0.0872 e. The minimum Gasteiger partial charge on any atom is -0.385 e. The summed E-state index contributed by atoms with van der Waals surface area (Å²) in [4.78, 5) is 0. The van der Waals surface area contributed by atoms with Crippen molar-refractivity contribution in [1.82, 2.24) is 0 Å². The number of rotatable bonds is 2. The van der Waals surface area contributed by atoms with Crippen LogP contribution in [-0.4, -0.2) is 10.7 Å². The van der Waals surface area contributed by atoms with E-state index in [4.69, 9.17) is 0 Å². The lowest BCUT2D eigenvalue weighted by molar-refractivity contribution is 0.0983. The van der Waals surface area contributed by atoms with Gasteiger partial charge in [0.25, 0.3) is 0 Å². The van der Waals surface area contributed by atoms with Gasteiger partial charge in [-0.3, -0.25) is 0 Å². The van der Waals surface area contributed by atoms with Crippen LogP contribution >= 0.6 is 0 Å². The quantitative estimate of drug-likeness (QED) is 0.593. The van der Waals surface area contributed by atoms with Gasteiger partial charge in [-0.05, 0) is 37.1 Å². The van der Waals surface area contributed by atoms with Gasteiger partial charge in [-0.1, -0.05) is 18.4 Å². The van der Waals surface area contributed by atoms with Crippen LogP contribution in [0.15, 0.2) is 35.3 Å². The summed E-state index contributed by atoms with van der Waals surface area (Å²) in [5, 5.41) is 9.76. The Morgan fingerprint density at radius 1 is 1.55 bits per heavy atom. The predicted molar refractivity (Wildman–Crippen MR) is 45.2 cm³/mol. The molecule has 1 unspecified atom stereocenters. The fourth-order valence-electron chi connectivity index (χ4n) is 0.886. The van der Waals surface area contributed by atoms with Crippen LogP contribution < -0.4 is 0 Å². The molecule has 0 saturated heterocycles. The van der Waals surface area contributed by atoms with Crippen molar-refractivity contribution < 1.29 is 5.11 Å². The number of allylic oxidation sites excluding steroid dienone is 2. The predicted octanol–water partition coefficient (Wildman–Crippen LogP) is 1.95. The molecule has 11 heavy (non-hydrogen) atoms. The molecule has 1 heteroatoms. The van der Waals surface area contributed by atoms with E-state index in [0.29, 0.717) is 6.42 Å². The zero-order chi connectivity index (χ0) is 8.32. The van der Waals surface area contributed by atoms with E-state index >= 15 is 0 Å². The van der Waals surface area contributed by atoms with E-state index in [1.165, 1.54) is 0 Å². The lowest BCUT2D eigenvalue weighted by Crippen LogP contribution is -2.24. The molecule has 1 rings (SSSR count). The molecule has 1 N–H and O–H groups in total. The highest BCUT2D eigenvalue weighted by molar-refractivity contribution is 5.33. The van der Waals surface area contributed by atoms with Gasteiger partial charge < -0.3 is 5.11 Å². The Kier molecular flexibility index (Phi) is 2.16. The SMILES string of the molecule is CCC(C)(O)C1=CC=C=C=C1. The molecule has 0 aromatic rings. The van der Waals surface area contributed by atoms with Gasteiger partial charge in [0.05, 0.1) is 5.60 Å². The zero-order valence-corrected chi connectivity index (χ0v) is 6.89. The van der Waals surface area contributed by atoms with E-state index in [0.717, 1.165) is 5.57 Å². The van der Waals surface area contributed by atoms with Crippen molar-refractivity contribution >= 4 is 0 Å². The van der Waals surface area contributed by atoms with E-state index in [-0.39, 0.29) is 0 Å². The van der Waals surface area contributed by atoms with Crippen molar-refractivity contribution in [3.8, 4) is 0 Å². The van der Waals surface area contributed by atoms with E-state index in [2.05, 4.69) is 11.5 Å². The third-order valence-electron chi connectivity index (χ3n) is 1.97. The molecule has 0 aromatic heterocycles. The van der Waals surface area contributed by atoms with Gasteiger partial charge in [-0.25, -0.2) is 0 Å². The summed E-state index contributed by atoms with van der Waals surface area (Å²) >= 11 is 0. The first kappa shape index (κ1) is 8.10. The molecule has 0 aromatic carbocycles. The van der Waals surface area contributed by atoms with E-state index < -0.39 is 5.60 Å². The summed E-state index contributed by atoms with van der Waals surface area (Å²) in [7, 11) is 0. The first-order valence-corrected chi connectivity index (χ1v) is 3.77. The van der Waals surface area contributed by atoms with Gasteiger partial charge in [-0.15, -0.1) is 0 Å². The fourth-order valence-corrected chi connectivity index (χ4v) is 0.886. The summed E-state index contributed by atoms with van der Waals surface area (Å²) in [5.74, 6) is 0. The number of hydrogen-bond acceptors (Lipinski definition) is 1. The standard InChI is InChI=1S/C10H12O/c1-3-10(2,11)9-7-5-4-6-8-9/h5,7-8,11H,3H2,1-2H3. The Labute approximate surface area is 67.1 Å². The lowest BCUT2D eigenvalue weighted by Gasteiger charge is -2.22. The Morgan fingerprint density at radius 3 is 2.73 bits per heavy atom. The number of hydrogen-bond donors (Lipinski definition) is 1. The maximum absolute atomic E-state index is 9.76. The van der Waals surface area contributed by atoms with Gasteiger partial charge in [0.2, 0.25) is 0 Å². The normalized spacial score (nSPS) is 19.7. The van der Waals surface area contributed by atoms with Gasteiger partial charge in [-0.2, -0.15) is 0 Å². The highest BCUT2D eigenvalue weighted by Gasteiger charge is 2.21. The van der Waals surface area contributed by atoms with Gasteiger partial charge >= 0.3 is 0 Å². The molecule has 0 heterocycles. The molecule has 0 radical (unpaired) electrons. The van der Waals surface area contributed by atoms with E-state index in [9.17, 15) is 5.11 Å². The van der Waals surface area contributed by atoms with Crippen molar-refractivity contribution in [1.29, 1.82) is 0 Å². The Balaban J connectivity index is 2.87. The summed E-state index contributed by atoms with van der Waals surface area (Å²) in [6.45, 7) is 3.76. The van der Waals surface area contributed by atoms with Crippen LogP contribution in [0.3, 0.4) is 0 Å². The highest BCUT2D eigenvalue weighted by atomic mass is 16.3. The van der Waals surface area contributed by atoms with Crippen LogP contribution in [0.5, 0.6) is 0 Å². The molecule has 0 fully saturated rings. The monoisotopic (exact) mass is 148 g/mol. The molecule has 1 nitrogen and oxygen atoms in total. The van der Waals surface area contributed by atoms with E-state index in [1.807, 2.05) is 13.0 Å². The van der Waals surface area contributed by atoms with Gasteiger partial charge in [0.1, 0.15) is 0 Å². The zero-order valence-electron chi connectivity index (χ0n) is 6.89. The van der Waals surface area contributed by atoms with Crippen LogP contribution in [0.25, 0.3) is 0 Å². The van der Waals surface area contributed by atoms with Crippen LogP contribution in [0.2, 0.25) is 0 Å². The summed E-state index contributed by atoms with van der Waals surface area (Å²) in [6.07, 6.45) is 6.10. The lowest BCUT2D eigenvalue weighted by atomic mass is 9.92. The molecular formula is C10H12O. The van der Waals surface area contributed by atoms with Crippen LogP contribution in [0.4, 0.5) is 0 Å². The average molecular weight is 148 g/mol. The first-order chi connectivity index (χ1) is 5.17. The minimum atomic E-state index is -0.717. The topological polar surface area (TPSA) is 20.2 Å². The summed E-state index contributed by atoms with van der Waals surface area (Å²) in [5.41, 5.74) is 5.79.